The first-order chi connectivity index (χ1) is 9.56. The van der Waals surface area contributed by atoms with E-state index in [1.807, 2.05) is 6.92 Å². The second kappa shape index (κ2) is 4.85. The molecule has 0 amide bonds. The first-order valence-corrected chi connectivity index (χ1v) is 7.26. The van der Waals surface area contributed by atoms with Gasteiger partial charge >= 0.3 is 5.97 Å². The number of hydrogen-bond donors (Lipinski definition) is 1. The van der Waals surface area contributed by atoms with Gasteiger partial charge in [0.1, 0.15) is 0 Å². The summed E-state index contributed by atoms with van der Waals surface area (Å²) in [6, 6.07) is 1.75. The summed E-state index contributed by atoms with van der Waals surface area (Å²) >= 11 is 6.29. The lowest BCUT2D eigenvalue weighted by Gasteiger charge is -2.39. The Labute approximate surface area is 122 Å². The number of aliphatic carboxylic acids is 1. The van der Waals surface area contributed by atoms with Crippen molar-refractivity contribution >= 4 is 17.6 Å². The molecule has 108 valence electrons. The molecule has 1 saturated carbocycles. The molecule has 0 atom stereocenters. The Bertz CT molecular complexity index is 563. The summed E-state index contributed by atoms with van der Waals surface area (Å²) in [7, 11) is 0. The van der Waals surface area contributed by atoms with Crippen molar-refractivity contribution in [3.05, 3.63) is 22.2 Å². The minimum Gasteiger partial charge on any atom is -0.489 e. The minimum absolute atomic E-state index is 0.440. The fourth-order valence-electron chi connectivity index (χ4n) is 3.04. The Morgan fingerprint density at radius 2 is 1.90 bits per heavy atom. The topological polar surface area (TPSA) is 55.8 Å². The summed E-state index contributed by atoms with van der Waals surface area (Å²) in [6.45, 7) is 3.02. The minimum atomic E-state index is -0.807. The van der Waals surface area contributed by atoms with Crippen molar-refractivity contribution in [2.45, 2.75) is 38.0 Å². The zero-order chi connectivity index (χ0) is 14.3. The fourth-order valence-corrected chi connectivity index (χ4v) is 3.29. The van der Waals surface area contributed by atoms with Crippen molar-refractivity contribution < 1.29 is 19.4 Å². The normalized spacial score (nSPS) is 19.9. The molecule has 1 aliphatic heterocycles. The van der Waals surface area contributed by atoms with E-state index in [0.29, 0.717) is 42.6 Å². The number of carboxylic acids is 1. The molecule has 0 spiro atoms. The molecule has 4 nitrogen and oxygen atoms in total. The first-order valence-electron chi connectivity index (χ1n) is 6.89. The van der Waals surface area contributed by atoms with Crippen LogP contribution in [0.4, 0.5) is 0 Å². The average molecular weight is 297 g/mol. The van der Waals surface area contributed by atoms with Crippen molar-refractivity contribution in [2.75, 3.05) is 13.2 Å². The number of benzene rings is 1. The molecule has 0 aromatic heterocycles. The van der Waals surface area contributed by atoms with Crippen LogP contribution < -0.4 is 9.47 Å². The van der Waals surface area contributed by atoms with Crippen LogP contribution in [0.15, 0.2) is 6.07 Å². The van der Waals surface area contributed by atoms with Gasteiger partial charge in [-0.25, -0.2) is 0 Å². The van der Waals surface area contributed by atoms with Crippen molar-refractivity contribution in [3.63, 3.8) is 0 Å². The maximum atomic E-state index is 11.7. The highest BCUT2D eigenvalue weighted by Gasteiger charge is 2.47. The Morgan fingerprint density at radius 1 is 1.25 bits per heavy atom. The molecule has 0 radical (unpaired) electrons. The molecule has 1 fully saturated rings. The lowest BCUT2D eigenvalue weighted by Crippen LogP contribution is -2.43. The van der Waals surface area contributed by atoms with Crippen molar-refractivity contribution in [3.8, 4) is 11.5 Å². The Morgan fingerprint density at radius 3 is 2.45 bits per heavy atom. The van der Waals surface area contributed by atoms with E-state index in [2.05, 4.69) is 0 Å². The summed E-state index contributed by atoms with van der Waals surface area (Å²) in [5, 5.41) is 10.0. The highest BCUT2D eigenvalue weighted by atomic mass is 35.5. The van der Waals surface area contributed by atoms with Gasteiger partial charge in [0, 0.05) is 6.42 Å². The highest BCUT2D eigenvalue weighted by Crippen LogP contribution is 2.51. The summed E-state index contributed by atoms with van der Waals surface area (Å²) in [6.07, 6.45) is 3.03. The molecule has 1 aliphatic carbocycles. The number of hydrogen-bond acceptors (Lipinski definition) is 3. The van der Waals surface area contributed by atoms with Gasteiger partial charge in [-0.05, 0) is 37.0 Å². The van der Waals surface area contributed by atoms with Crippen LogP contribution in [0.25, 0.3) is 0 Å². The van der Waals surface area contributed by atoms with Gasteiger partial charge in [0.25, 0.3) is 0 Å². The van der Waals surface area contributed by atoms with E-state index in [0.717, 1.165) is 24.0 Å². The average Bonchev–Trinajstić information content (AvgIpc) is 2.59. The van der Waals surface area contributed by atoms with Crippen LogP contribution in [0, 0.1) is 6.92 Å². The van der Waals surface area contributed by atoms with E-state index in [4.69, 9.17) is 21.1 Å². The Kier molecular flexibility index (Phi) is 3.28. The number of halogens is 1. The predicted octanol–water partition coefficient (Wildman–Crippen LogP) is 3.32. The summed E-state index contributed by atoms with van der Waals surface area (Å²) in [5.74, 6) is 0.375. The SMILES string of the molecule is Cc1c(C2(C(=O)O)CCC2)cc(Cl)c2c1OCCCO2. The molecule has 1 heterocycles. The van der Waals surface area contributed by atoms with E-state index < -0.39 is 11.4 Å². The van der Waals surface area contributed by atoms with Crippen molar-refractivity contribution in [2.24, 2.45) is 0 Å². The van der Waals surface area contributed by atoms with E-state index >= 15 is 0 Å². The van der Waals surface area contributed by atoms with E-state index in [9.17, 15) is 9.90 Å². The lowest BCUT2D eigenvalue weighted by atomic mass is 9.63. The Hall–Kier alpha value is -1.42. The largest absolute Gasteiger partial charge is 0.489 e. The monoisotopic (exact) mass is 296 g/mol. The fraction of sp³-hybridized carbons (Fsp3) is 0.533. The van der Waals surface area contributed by atoms with E-state index in [1.165, 1.54) is 0 Å². The third-order valence-electron chi connectivity index (χ3n) is 4.35. The van der Waals surface area contributed by atoms with E-state index in [1.54, 1.807) is 6.07 Å². The summed E-state index contributed by atoms with van der Waals surface area (Å²) < 4.78 is 11.4. The van der Waals surface area contributed by atoms with Crippen LogP contribution in [0.5, 0.6) is 11.5 Å². The Balaban J connectivity index is 2.16. The third kappa shape index (κ3) is 1.85. The van der Waals surface area contributed by atoms with E-state index in [-0.39, 0.29) is 0 Å². The van der Waals surface area contributed by atoms with Gasteiger partial charge < -0.3 is 14.6 Å². The molecular weight excluding hydrogens is 280 g/mol. The molecule has 3 rings (SSSR count). The predicted molar refractivity (Wildman–Crippen MR) is 75.0 cm³/mol. The molecule has 0 saturated heterocycles. The first kappa shape index (κ1) is 13.6. The molecule has 1 aromatic carbocycles. The van der Waals surface area contributed by atoms with Crippen LogP contribution in [0.2, 0.25) is 5.02 Å². The van der Waals surface area contributed by atoms with Gasteiger partial charge in [-0.15, -0.1) is 0 Å². The number of fused-ring (bicyclic) bond motifs is 1. The van der Waals surface area contributed by atoms with Gasteiger partial charge in [0.2, 0.25) is 0 Å². The quantitative estimate of drug-likeness (QED) is 0.909. The maximum absolute atomic E-state index is 11.7. The van der Waals surface area contributed by atoms with Crippen LogP contribution in [0.3, 0.4) is 0 Å². The van der Waals surface area contributed by atoms with Crippen molar-refractivity contribution in [1.29, 1.82) is 0 Å². The van der Waals surface area contributed by atoms with Gasteiger partial charge in [0.15, 0.2) is 11.5 Å². The van der Waals surface area contributed by atoms with Gasteiger partial charge in [0.05, 0.1) is 23.7 Å². The number of carbonyl (C=O) groups is 1. The third-order valence-corrected chi connectivity index (χ3v) is 4.63. The molecule has 5 heteroatoms. The van der Waals surface area contributed by atoms with Crippen LogP contribution >= 0.6 is 11.6 Å². The van der Waals surface area contributed by atoms with Gasteiger partial charge in [-0.2, -0.15) is 0 Å². The second-order valence-electron chi connectivity index (χ2n) is 5.48. The smallest absolute Gasteiger partial charge is 0.314 e. The standard InChI is InChI=1S/C15H17ClO4/c1-9-10(15(14(17)18)4-2-5-15)8-11(16)13-12(9)19-6-3-7-20-13/h8H,2-7H2,1H3,(H,17,18). The molecular formula is C15H17ClO4. The number of carboxylic acid groups (broad SMARTS) is 1. The maximum Gasteiger partial charge on any atom is 0.314 e. The lowest BCUT2D eigenvalue weighted by molar-refractivity contribution is -0.147. The zero-order valence-corrected chi connectivity index (χ0v) is 12.1. The van der Waals surface area contributed by atoms with Crippen molar-refractivity contribution in [1.82, 2.24) is 0 Å². The molecule has 1 N–H and O–H groups in total. The molecule has 20 heavy (non-hydrogen) atoms. The molecule has 0 bridgehead atoms. The second-order valence-corrected chi connectivity index (χ2v) is 5.89. The van der Waals surface area contributed by atoms with Gasteiger partial charge in [-0.3, -0.25) is 4.79 Å². The summed E-state index contributed by atoms with van der Waals surface area (Å²) in [5.41, 5.74) is 0.803. The van der Waals surface area contributed by atoms with Crippen LogP contribution in [0.1, 0.15) is 36.8 Å². The van der Waals surface area contributed by atoms with Gasteiger partial charge in [-0.1, -0.05) is 18.0 Å². The molecule has 0 unspecified atom stereocenters. The number of ether oxygens (including phenoxy) is 2. The molecule has 2 aliphatic rings. The summed E-state index contributed by atoms with van der Waals surface area (Å²) in [4.78, 5) is 11.7. The zero-order valence-electron chi connectivity index (χ0n) is 11.4. The molecule has 1 aromatic rings. The highest BCUT2D eigenvalue weighted by molar-refractivity contribution is 6.32. The number of rotatable bonds is 2. The van der Waals surface area contributed by atoms with Crippen LogP contribution in [-0.2, 0) is 10.2 Å². The van der Waals surface area contributed by atoms with Crippen LogP contribution in [-0.4, -0.2) is 24.3 Å².